The van der Waals surface area contributed by atoms with Gasteiger partial charge >= 0.3 is 5.97 Å². The summed E-state index contributed by atoms with van der Waals surface area (Å²) in [5, 5.41) is 21.2. The Bertz CT molecular complexity index is 290. The van der Waals surface area contributed by atoms with Crippen LogP contribution in [0.15, 0.2) is 0 Å². The highest BCUT2D eigenvalue weighted by Crippen LogP contribution is 2.21. The largest absolute Gasteiger partial charge is 0.480 e. The van der Waals surface area contributed by atoms with Crippen LogP contribution < -0.4 is 5.32 Å². The van der Waals surface area contributed by atoms with E-state index in [4.69, 9.17) is 5.11 Å². The molecule has 1 amide bonds. The second kappa shape index (κ2) is 3.79. The van der Waals surface area contributed by atoms with Crippen LogP contribution in [0.5, 0.6) is 0 Å². The zero-order valence-corrected chi connectivity index (χ0v) is 8.22. The number of carbonyl (C=O) groups excluding carboxylic acids is 1. The number of aliphatic hydroxyl groups excluding tert-OH is 1. The lowest BCUT2D eigenvalue weighted by Crippen LogP contribution is -2.54. The van der Waals surface area contributed by atoms with E-state index in [1.54, 1.807) is 0 Å². The van der Waals surface area contributed by atoms with Crippen molar-refractivity contribution < 1.29 is 19.8 Å². The Morgan fingerprint density at radius 2 is 2.00 bits per heavy atom. The minimum atomic E-state index is -1.04. The van der Waals surface area contributed by atoms with Gasteiger partial charge in [0.2, 0.25) is 5.91 Å². The SMILES string of the molecule is O=C(O)[C@@H]1CC(O)CN1C(=O)C1CNC1. The minimum Gasteiger partial charge on any atom is -0.480 e. The van der Waals surface area contributed by atoms with Gasteiger partial charge in [0.05, 0.1) is 12.0 Å². The van der Waals surface area contributed by atoms with Crippen molar-refractivity contribution in [3.05, 3.63) is 0 Å². The number of carboxylic acids is 1. The highest BCUT2D eigenvalue weighted by molar-refractivity contribution is 5.86. The summed E-state index contributed by atoms with van der Waals surface area (Å²) in [6, 6.07) is -0.854. The molecule has 0 aromatic carbocycles. The average Bonchev–Trinajstić information content (AvgIpc) is 2.44. The normalized spacial score (nSPS) is 31.4. The van der Waals surface area contributed by atoms with Crippen molar-refractivity contribution >= 4 is 11.9 Å². The van der Waals surface area contributed by atoms with Crippen molar-refractivity contribution in [2.24, 2.45) is 5.92 Å². The van der Waals surface area contributed by atoms with Crippen LogP contribution in [-0.4, -0.2) is 58.8 Å². The van der Waals surface area contributed by atoms with Crippen molar-refractivity contribution in [2.75, 3.05) is 19.6 Å². The number of carboxylic acid groups (broad SMARTS) is 1. The summed E-state index contributed by atoms with van der Waals surface area (Å²) >= 11 is 0. The summed E-state index contributed by atoms with van der Waals surface area (Å²) in [7, 11) is 0. The Hall–Kier alpha value is -1.14. The molecule has 2 atom stereocenters. The molecule has 0 spiro atoms. The Labute approximate surface area is 86.9 Å². The topological polar surface area (TPSA) is 89.9 Å². The van der Waals surface area contributed by atoms with E-state index in [0.29, 0.717) is 13.1 Å². The Balaban J connectivity index is 2.05. The smallest absolute Gasteiger partial charge is 0.326 e. The summed E-state index contributed by atoms with van der Waals surface area (Å²) in [4.78, 5) is 24.0. The Kier molecular flexibility index (Phi) is 2.62. The zero-order valence-electron chi connectivity index (χ0n) is 8.22. The number of aliphatic carboxylic acids is 1. The van der Waals surface area contributed by atoms with Crippen LogP contribution in [0.4, 0.5) is 0 Å². The number of hydrogen-bond acceptors (Lipinski definition) is 4. The molecular formula is C9H14N2O4. The van der Waals surface area contributed by atoms with Gasteiger partial charge in [0.25, 0.3) is 0 Å². The molecule has 2 rings (SSSR count). The molecule has 0 bridgehead atoms. The van der Waals surface area contributed by atoms with Gasteiger partial charge < -0.3 is 20.4 Å². The lowest BCUT2D eigenvalue weighted by atomic mass is 10.0. The molecule has 15 heavy (non-hydrogen) atoms. The van der Waals surface area contributed by atoms with Crippen molar-refractivity contribution in [3.63, 3.8) is 0 Å². The molecule has 6 heteroatoms. The van der Waals surface area contributed by atoms with Gasteiger partial charge in [-0.3, -0.25) is 4.79 Å². The average molecular weight is 214 g/mol. The first kappa shape index (κ1) is 10.4. The van der Waals surface area contributed by atoms with Crippen LogP contribution in [-0.2, 0) is 9.59 Å². The molecule has 84 valence electrons. The molecule has 2 saturated heterocycles. The molecule has 2 aliphatic heterocycles. The van der Waals surface area contributed by atoms with Crippen LogP contribution in [0.3, 0.4) is 0 Å². The van der Waals surface area contributed by atoms with Crippen LogP contribution >= 0.6 is 0 Å². The summed E-state index contributed by atoms with van der Waals surface area (Å²) < 4.78 is 0. The number of nitrogens with one attached hydrogen (secondary N) is 1. The van der Waals surface area contributed by atoms with Gasteiger partial charge in [-0.25, -0.2) is 4.79 Å². The van der Waals surface area contributed by atoms with Crippen LogP contribution in [0, 0.1) is 5.92 Å². The van der Waals surface area contributed by atoms with E-state index in [-0.39, 0.29) is 24.8 Å². The Morgan fingerprint density at radius 3 is 2.47 bits per heavy atom. The quantitative estimate of drug-likeness (QED) is 0.507. The van der Waals surface area contributed by atoms with Gasteiger partial charge in [0.1, 0.15) is 6.04 Å². The number of amides is 1. The van der Waals surface area contributed by atoms with E-state index in [9.17, 15) is 14.7 Å². The second-order valence-electron chi connectivity index (χ2n) is 4.09. The van der Waals surface area contributed by atoms with Gasteiger partial charge in [-0.1, -0.05) is 0 Å². The van der Waals surface area contributed by atoms with E-state index in [2.05, 4.69) is 5.32 Å². The van der Waals surface area contributed by atoms with Crippen molar-refractivity contribution in [1.29, 1.82) is 0 Å². The fourth-order valence-electron chi connectivity index (χ4n) is 1.99. The molecule has 0 saturated carbocycles. The monoisotopic (exact) mass is 214 g/mol. The van der Waals surface area contributed by atoms with E-state index >= 15 is 0 Å². The molecule has 0 aliphatic carbocycles. The summed E-state index contributed by atoms with van der Waals surface area (Å²) in [5.41, 5.74) is 0. The molecule has 0 aromatic rings. The van der Waals surface area contributed by atoms with Gasteiger partial charge in [0, 0.05) is 26.1 Å². The first-order valence-electron chi connectivity index (χ1n) is 5.01. The third kappa shape index (κ3) is 1.82. The highest BCUT2D eigenvalue weighted by atomic mass is 16.4. The lowest BCUT2D eigenvalue weighted by Gasteiger charge is -2.31. The number of nitrogens with zero attached hydrogens (tertiary/aromatic N) is 1. The lowest BCUT2D eigenvalue weighted by molar-refractivity contribution is -0.150. The first-order valence-corrected chi connectivity index (χ1v) is 5.01. The molecule has 0 aromatic heterocycles. The van der Waals surface area contributed by atoms with Crippen molar-refractivity contribution in [1.82, 2.24) is 10.2 Å². The van der Waals surface area contributed by atoms with E-state index in [1.165, 1.54) is 4.90 Å². The third-order valence-corrected chi connectivity index (χ3v) is 2.98. The fourth-order valence-corrected chi connectivity index (χ4v) is 1.99. The van der Waals surface area contributed by atoms with Crippen LogP contribution in [0.25, 0.3) is 0 Å². The maximum atomic E-state index is 11.8. The van der Waals surface area contributed by atoms with Crippen LogP contribution in [0.1, 0.15) is 6.42 Å². The predicted molar refractivity (Wildman–Crippen MR) is 50.1 cm³/mol. The van der Waals surface area contributed by atoms with E-state index in [1.807, 2.05) is 0 Å². The Morgan fingerprint density at radius 1 is 1.33 bits per heavy atom. The molecule has 3 N–H and O–H groups in total. The van der Waals surface area contributed by atoms with Gasteiger partial charge in [-0.2, -0.15) is 0 Å². The maximum Gasteiger partial charge on any atom is 0.326 e. The molecule has 6 nitrogen and oxygen atoms in total. The van der Waals surface area contributed by atoms with Crippen molar-refractivity contribution in [2.45, 2.75) is 18.6 Å². The van der Waals surface area contributed by atoms with E-state index in [0.717, 1.165) is 0 Å². The second-order valence-corrected chi connectivity index (χ2v) is 4.09. The summed E-state index contributed by atoms with van der Waals surface area (Å²) in [5.74, 6) is -1.30. The molecule has 0 radical (unpaired) electrons. The number of carbonyl (C=O) groups is 2. The molecule has 2 fully saturated rings. The summed E-state index contributed by atoms with van der Waals surface area (Å²) in [6.45, 7) is 1.36. The predicted octanol–water partition coefficient (Wildman–Crippen LogP) is -1.75. The molecule has 2 heterocycles. The zero-order chi connectivity index (χ0) is 11.0. The van der Waals surface area contributed by atoms with Gasteiger partial charge in [0.15, 0.2) is 0 Å². The standard InChI is InChI=1S/C9H14N2O4/c12-6-1-7(9(14)15)11(4-6)8(13)5-2-10-3-5/h5-7,10,12H,1-4H2,(H,14,15)/t6?,7-/m0/s1. The third-order valence-electron chi connectivity index (χ3n) is 2.98. The molecule has 2 aliphatic rings. The number of β-amino-alcohol motifs (C(OH)–C–C–N with tert-alkyl or cyclic N) is 1. The molecular weight excluding hydrogens is 200 g/mol. The molecule has 1 unspecified atom stereocenters. The van der Waals surface area contributed by atoms with Crippen molar-refractivity contribution in [3.8, 4) is 0 Å². The highest BCUT2D eigenvalue weighted by Gasteiger charge is 2.42. The number of rotatable bonds is 2. The number of hydrogen-bond donors (Lipinski definition) is 3. The van der Waals surface area contributed by atoms with Crippen LogP contribution in [0.2, 0.25) is 0 Å². The number of likely N-dealkylation sites (tertiary alicyclic amines) is 1. The fraction of sp³-hybridized carbons (Fsp3) is 0.778. The maximum absolute atomic E-state index is 11.8. The van der Waals surface area contributed by atoms with Gasteiger partial charge in [-0.15, -0.1) is 0 Å². The van der Waals surface area contributed by atoms with E-state index < -0.39 is 18.1 Å². The number of aliphatic hydroxyl groups is 1. The summed E-state index contributed by atoms with van der Waals surface area (Å²) in [6.07, 6.45) is -0.565. The first-order chi connectivity index (χ1) is 7.09. The minimum absolute atomic E-state index is 0.114. The van der Waals surface area contributed by atoms with Gasteiger partial charge in [-0.05, 0) is 0 Å².